The molecule has 4 atom stereocenters. The molecule has 3 nitrogen and oxygen atoms in total. The van der Waals surface area contributed by atoms with Gasteiger partial charge in [0.15, 0.2) is 0 Å². The van der Waals surface area contributed by atoms with Crippen LogP contribution in [0.4, 0.5) is 0 Å². The van der Waals surface area contributed by atoms with Gasteiger partial charge < -0.3 is 15.2 Å². The Morgan fingerprint density at radius 2 is 2.12 bits per heavy atom. The summed E-state index contributed by atoms with van der Waals surface area (Å²) in [7, 11) is 0. The summed E-state index contributed by atoms with van der Waals surface area (Å²) in [6.07, 6.45) is 8.07. The van der Waals surface area contributed by atoms with Crippen LogP contribution in [-0.2, 0) is 9.47 Å². The standard InChI is InChI=1S/C14H27NO2/c1-2-11-5-3-4-6-14(11)17-10-13(15)12-7-8-16-9-12/h11-14H,2-10,15H2,1H3. The number of nitrogens with two attached hydrogens (primary N) is 1. The van der Waals surface area contributed by atoms with Crippen molar-refractivity contribution in [3.8, 4) is 0 Å². The molecule has 1 heterocycles. The van der Waals surface area contributed by atoms with Crippen molar-refractivity contribution in [2.24, 2.45) is 17.6 Å². The van der Waals surface area contributed by atoms with Gasteiger partial charge in [-0.25, -0.2) is 0 Å². The molecule has 1 saturated heterocycles. The van der Waals surface area contributed by atoms with E-state index in [9.17, 15) is 0 Å². The highest BCUT2D eigenvalue weighted by atomic mass is 16.5. The van der Waals surface area contributed by atoms with Crippen LogP contribution in [0.3, 0.4) is 0 Å². The van der Waals surface area contributed by atoms with Crippen molar-refractivity contribution in [1.29, 1.82) is 0 Å². The first-order valence-electron chi connectivity index (χ1n) is 7.26. The van der Waals surface area contributed by atoms with Crippen LogP contribution in [0.15, 0.2) is 0 Å². The molecule has 17 heavy (non-hydrogen) atoms. The predicted molar refractivity (Wildman–Crippen MR) is 68.9 cm³/mol. The maximum Gasteiger partial charge on any atom is 0.0625 e. The second-order valence-corrected chi connectivity index (χ2v) is 5.61. The Labute approximate surface area is 105 Å². The van der Waals surface area contributed by atoms with E-state index < -0.39 is 0 Å². The number of hydrogen-bond donors (Lipinski definition) is 1. The van der Waals surface area contributed by atoms with Crippen molar-refractivity contribution < 1.29 is 9.47 Å². The summed E-state index contributed by atoms with van der Waals surface area (Å²) < 4.78 is 11.5. The van der Waals surface area contributed by atoms with Crippen LogP contribution < -0.4 is 5.73 Å². The van der Waals surface area contributed by atoms with E-state index >= 15 is 0 Å². The molecule has 0 aromatic heterocycles. The van der Waals surface area contributed by atoms with Gasteiger partial charge in [0.05, 0.1) is 19.3 Å². The molecule has 0 bridgehead atoms. The monoisotopic (exact) mass is 241 g/mol. The number of hydrogen-bond acceptors (Lipinski definition) is 3. The summed E-state index contributed by atoms with van der Waals surface area (Å²) in [6, 6.07) is 0.164. The van der Waals surface area contributed by atoms with Crippen molar-refractivity contribution in [2.45, 2.75) is 57.6 Å². The molecule has 0 radical (unpaired) electrons. The van der Waals surface area contributed by atoms with Crippen molar-refractivity contribution in [1.82, 2.24) is 0 Å². The summed E-state index contributed by atoms with van der Waals surface area (Å²) in [5, 5.41) is 0. The fraction of sp³-hybridized carbons (Fsp3) is 1.00. The third-order valence-electron chi connectivity index (χ3n) is 4.44. The van der Waals surface area contributed by atoms with Gasteiger partial charge in [0.25, 0.3) is 0 Å². The first-order valence-corrected chi connectivity index (χ1v) is 7.26. The first kappa shape index (κ1) is 13.3. The van der Waals surface area contributed by atoms with E-state index in [-0.39, 0.29) is 6.04 Å². The first-order chi connectivity index (χ1) is 8.31. The molecule has 4 unspecified atom stereocenters. The van der Waals surface area contributed by atoms with E-state index in [0.717, 1.165) is 32.2 Å². The average molecular weight is 241 g/mol. The van der Waals surface area contributed by atoms with Crippen LogP contribution in [0, 0.1) is 11.8 Å². The van der Waals surface area contributed by atoms with E-state index in [1.54, 1.807) is 0 Å². The van der Waals surface area contributed by atoms with Gasteiger partial charge in [0.2, 0.25) is 0 Å². The van der Waals surface area contributed by atoms with Gasteiger partial charge in [-0.3, -0.25) is 0 Å². The third-order valence-corrected chi connectivity index (χ3v) is 4.44. The molecular formula is C14H27NO2. The zero-order chi connectivity index (χ0) is 12.1. The van der Waals surface area contributed by atoms with E-state index in [0.29, 0.717) is 12.0 Å². The molecule has 2 aliphatic rings. The second kappa shape index (κ2) is 6.72. The lowest BCUT2D eigenvalue weighted by Crippen LogP contribution is -2.38. The van der Waals surface area contributed by atoms with Crippen LogP contribution in [0.25, 0.3) is 0 Å². The van der Waals surface area contributed by atoms with E-state index in [4.69, 9.17) is 15.2 Å². The summed E-state index contributed by atoms with van der Waals surface area (Å²) in [6.45, 7) is 4.69. The summed E-state index contributed by atoms with van der Waals surface area (Å²) in [4.78, 5) is 0. The Balaban J connectivity index is 1.72. The maximum absolute atomic E-state index is 6.18. The SMILES string of the molecule is CCC1CCCCC1OCC(N)C1CCOC1. The van der Waals surface area contributed by atoms with Crippen molar-refractivity contribution >= 4 is 0 Å². The van der Waals surface area contributed by atoms with Gasteiger partial charge in [0, 0.05) is 18.6 Å². The van der Waals surface area contributed by atoms with Gasteiger partial charge >= 0.3 is 0 Å². The van der Waals surface area contributed by atoms with Gasteiger partial charge in [0.1, 0.15) is 0 Å². The van der Waals surface area contributed by atoms with Crippen LogP contribution in [0.2, 0.25) is 0 Å². The molecule has 2 N–H and O–H groups in total. The Bertz CT molecular complexity index is 216. The molecule has 1 aliphatic carbocycles. The number of ether oxygens (including phenoxy) is 2. The Morgan fingerprint density at radius 1 is 1.29 bits per heavy atom. The van der Waals surface area contributed by atoms with Crippen LogP contribution in [0.5, 0.6) is 0 Å². The Kier molecular flexibility index (Phi) is 5.26. The molecule has 0 spiro atoms. The molecule has 2 rings (SSSR count). The minimum atomic E-state index is 0.164. The van der Waals surface area contributed by atoms with Gasteiger partial charge in [-0.2, -0.15) is 0 Å². The maximum atomic E-state index is 6.18. The number of rotatable bonds is 5. The van der Waals surface area contributed by atoms with Crippen LogP contribution in [-0.4, -0.2) is 32.0 Å². The average Bonchev–Trinajstić information content (AvgIpc) is 2.90. The molecule has 3 heteroatoms. The topological polar surface area (TPSA) is 44.5 Å². The molecule has 2 fully saturated rings. The lowest BCUT2D eigenvalue weighted by atomic mass is 9.84. The van der Waals surface area contributed by atoms with Crippen LogP contribution >= 0.6 is 0 Å². The van der Waals surface area contributed by atoms with E-state index in [1.807, 2.05) is 0 Å². The quantitative estimate of drug-likeness (QED) is 0.803. The van der Waals surface area contributed by atoms with Crippen molar-refractivity contribution in [3.05, 3.63) is 0 Å². The van der Waals surface area contributed by atoms with Gasteiger partial charge in [-0.05, 0) is 25.2 Å². The summed E-state index contributed by atoms with van der Waals surface area (Å²) in [5.74, 6) is 1.27. The zero-order valence-electron chi connectivity index (χ0n) is 11.1. The zero-order valence-corrected chi connectivity index (χ0v) is 11.1. The molecule has 100 valence electrons. The lowest BCUT2D eigenvalue weighted by Gasteiger charge is -2.32. The fourth-order valence-electron chi connectivity index (χ4n) is 3.12. The molecule has 1 saturated carbocycles. The third kappa shape index (κ3) is 3.67. The van der Waals surface area contributed by atoms with Crippen molar-refractivity contribution in [3.63, 3.8) is 0 Å². The molecule has 0 aromatic rings. The van der Waals surface area contributed by atoms with Crippen LogP contribution in [0.1, 0.15) is 45.4 Å². The molecule has 1 aliphatic heterocycles. The predicted octanol–water partition coefficient (Wildman–Crippen LogP) is 2.34. The second-order valence-electron chi connectivity index (χ2n) is 5.61. The Hall–Kier alpha value is -0.120. The smallest absolute Gasteiger partial charge is 0.0625 e. The molecule has 0 aromatic carbocycles. The van der Waals surface area contributed by atoms with Gasteiger partial charge in [-0.15, -0.1) is 0 Å². The summed E-state index contributed by atoms with van der Waals surface area (Å²) >= 11 is 0. The minimum absolute atomic E-state index is 0.164. The van der Waals surface area contributed by atoms with Gasteiger partial charge in [-0.1, -0.05) is 26.2 Å². The van der Waals surface area contributed by atoms with E-state index in [1.165, 1.54) is 32.1 Å². The highest BCUT2D eigenvalue weighted by molar-refractivity contribution is 4.79. The normalized spacial score (nSPS) is 36.0. The fourth-order valence-corrected chi connectivity index (χ4v) is 3.12. The Morgan fingerprint density at radius 3 is 2.82 bits per heavy atom. The largest absolute Gasteiger partial charge is 0.381 e. The minimum Gasteiger partial charge on any atom is -0.381 e. The summed E-state index contributed by atoms with van der Waals surface area (Å²) in [5.41, 5.74) is 6.18. The highest BCUT2D eigenvalue weighted by Crippen LogP contribution is 2.29. The highest BCUT2D eigenvalue weighted by Gasteiger charge is 2.27. The molecule has 0 amide bonds. The van der Waals surface area contributed by atoms with Crippen molar-refractivity contribution in [2.75, 3.05) is 19.8 Å². The van der Waals surface area contributed by atoms with E-state index in [2.05, 4.69) is 6.92 Å². The lowest BCUT2D eigenvalue weighted by molar-refractivity contribution is -0.0236. The molecular weight excluding hydrogens is 214 g/mol.